The smallest absolute Gasteiger partial charge is 0.260 e. The Hall–Kier alpha value is -2.82. The van der Waals surface area contributed by atoms with E-state index in [0.717, 1.165) is 18.6 Å². The van der Waals surface area contributed by atoms with Gasteiger partial charge in [-0.3, -0.25) is 9.78 Å². The van der Waals surface area contributed by atoms with Crippen molar-refractivity contribution in [3.63, 3.8) is 0 Å². The van der Waals surface area contributed by atoms with Crippen molar-refractivity contribution in [3.8, 4) is 5.75 Å². The lowest BCUT2D eigenvalue weighted by atomic mass is 10.1. The van der Waals surface area contributed by atoms with Crippen LogP contribution in [0, 0.1) is 0 Å². The summed E-state index contributed by atoms with van der Waals surface area (Å²) in [5.41, 5.74) is 3.01. The van der Waals surface area contributed by atoms with Crippen molar-refractivity contribution < 1.29 is 4.74 Å². The number of benzene rings is 2. The Morgan fingerprint density at radius 3 is 2.96 bits per heavy atom. The van der Waals surface area contributed by atoms with Gasteiger partial charge in [0.1, 0.15) is 5.75 Å². The summed E-state index contributed by atoms with van der Waals surface area (Å²) >= 11 is 0. The molecule has 1 atom stereocenters. The second-order valence-electron chi connectivity index (χ2n) is 5.70. The van der Waals surface area contributed by atoms with E-state index in [2.05, 4.69) is 21.4 Å². The molecule has 0 saturated heterocycles. The van der Waals surface area contributed by atoms with E-state index in [-0.39, 0.29) is 11.6 Å². The van der Waals surface area contributed by atoms with Crippen molar-refractivity contribution in [1.29, 1.82) is 0 Å². The molecule has 1 heterocycles. The third kappa shape index (κ3) is 2.34. The van der Waals surface area contributed by atoms with Crippen LogP contribution >= 0.6 is 0 Å². The number of fused-ring (bicyclic) bond motifs is 2. The SMILES string of the molecule is COc1cccc2c1CCC2Nc1nc2ccccc2c(=O)[nH]1. The molecule has 0 radical (unpaired) electrons. The van der Waals surface area contributed by atoms with E-state index in [1.165, 1.54) is 11.1 Å². The van der Waals surface area contributed by atoms with Gasteiger partial charge in [-0.25, -0.2) is 4.98 Å². The number of nitrogens with zero attached hydrogens (tertiary/aromatic N) is 1. The number of nitrogens with one attached hydrogen (secondary N) is 2. The van der Waals surface area contributed by atoms with E-state index in [4.69, 9.17) is 4.74 Å². The van der Waals surface area contributed by atoms with Crippen LogP contribution in [0.2, 0.25) is 0 Å². The van der Waals surface area contributed by atoms with Gasteiger partial charge >= 0.3 is 0 Å². The average molecular weight is 307 g/mol. The highest BCUT2D eigenvalue weighted by Gasteiger charge is 2.25. The maximum absolute atomic E-state index is 12.2. The summed E-state index contributed by atoms with van der Waals surface area (Å²) in [5.74, 6) is 1.43. The fraction of sp³-hybridized carbons (Fsp3) is 0.222. The minimum Gasteiger partial charge on any atom is -0.496 e. The van der Waals surface area contributed by atoms with Gasteiger partial charge in [0.15, 0.2) is 0 Å². The number of aromatic amines is 1. The number of methoxy groups -OCH3 is 1. The summed E-state index contributed by atoms with van der Waals surface area (Å²) in [5, 5.41) is 3.96. The lowest BCUT2D eigenvalue weighted by molar-refractivity contribution is 0.410. The van der Waals surface area contributed by atoms with Gasteiger partial charge in [0.05, 0.1) is 24.1 Å². The quantitative estimate of drug-likeness (QED) is 0.780. The predicted octanol–water partition coefficient (Wildman–Crippen LogP) is 3.03. The monoisotopic (exact) mass is 307 g/mol. The molecule has 116 valence electrons. The first-order valence-corrected chi connectivity index (χ1v) is 7.67. The molecule has 1 aliphatic carbocycles. The molecule has 0 amide bonds. The van der Waals surface area contributed by atoms with Crippen molar-refractivity contribution >= 4 is 16.9 Å². The van der Waals surface area contributed by atoms with Crippen LogP contribution in [-0.4, -0.2) is 17.1 Å². The van der Waals surface area contributed by atoms with Gasteiger partial charge in [0.25, 0.3) is 5.56 Å². The van der Waals surface area contributed by atoms with E-state index in [0.29, 0.717) is 16.9 Å². The van der Waals surface area contributed by atoms with Gasteiger partial charge in [-0.15, -0.1) is 0 Å². The van der Waals surface area contributed by atoms with E-state index in [9.17, 15) is 4.79 Å². The number of anilines is 1. The van der Waals surface area contributed by atoms with Crippen molar-refractivity contribution in [2.45, 2.75) is 18.9 Å². The first-order chi connectivity index (χ1) is 11.3. The predicted molar refractivity (Wildman–Crippen MR) is 90.0 cm³/mol. The molecule has 4 rings (SSSR count). The van der Waals surface area contributed by atoms with Crippen LogP contribution in [-0.2, 0) is 6.42 Å². The maximum Gasteiger partial charge on any atom is 0.260 e. The lowest BCUT2D eigenvalue weighted by Crippen LogP contribution is -2.16. The standard InChI is InChI=1S/C18H17N3O2/c1-23-16-8-4-6-11-12(16)9-10-15(11)20-18-19-14-7-3-2-5-13(14)17(22)21-18/h2-8,15H,9-10H2,1H3,(H2,19,20,21,22). The molecule has 2 aromatic carbocycles. The normalized spacial score (nSPS) is 16.3. The zero-order valence-corrected chi connectivity index (χ0v) is 12.8. The molecule has 3 aromatic rings. The second-order valence-corrected chi connectivity index (χ2v) is 5.70. The maximum atomic E-state index is 12.2. The molecule has 2 N–H and O–H groups in total. The highest BCUT2D eigenvalue weighted by atomic mass is 16.5. The number of rotatable bonds is 3. The number of para-hydroxylation sites is 1. The second kappa shape index (κ2) is 5.43. The topological polar surface area (TPSA) is 67.0 Å². The van der Waals surface area contributed by atoms with Crippen molar-refractivity contribution in [2.24, 2.45) is 0 Å². The summed E-state index contributed by atoms with van der Waals surface area (Å²) in [4.78, 5) is 19.5. The first-order valence-electron chi connectivity index (χ1n) is 7.67. The molecule has 0 aliphatic heterocycles. The lowest BCUT2D eigenvalue weighted by Gasteiger charge is -2.15. The van der Waals surface area contributed by atoms with E-state index in [1.807, 2.05) is 30.3 Å². The van der Waals surface area contributed by atoms with Gasteiger partial charge in [0, 0.05) is 0 Å². The van der Waals surface area contributed by atoms with Crippen LogP contribution in [0.25, 0.3) is 10.9 Å². The fourth-order valence-corrected chi connectivity index (χ4v) is 3.28. The number of ether oxygens (including phenoxy) is 1. The molecule has 1 unspecified atom stereocenters. The number of hydrogen-bond acceptors (Lipinski definition) is 4. The van der Waals surface area contributed by atoms with Gasteiger partial charge < -0.3 is 10.1 Å². The zero-order chi connectivity index (χ0) is 15.8. The average Bonchev–Trinajstić information content (AvgIpc) is 2.98. The Labute approximate surface area is 133 Å². The van der Waals surface area contributed by atoms with E-state index in [1.54, 1.807) is 13.2 Å². The largest absolute Gasteiger partial charge is 0.496 e. The third-order valence-corrected chi connectivity index (χ3v) is 4.37. The molecule has 0 spiro atoms. The van der Waals surface area contributed by atoms with Crippen LogP contribution < -0.4 is 15.6 Å². The van der Waals surface area contributed by atoms with Gasteiger partial charge in [-0.1, -0.05) is 24.3 Å². The van der Waals surface area contributed by atoms with Crippen LogP contribution in [0.3, 0.4) is 0 Å². The van der Waals surface area contributed by atoms with Crippen molar-refractivity contribution in [2.75, 3.05) is 12.4 Å². The molecule has 0 bridgehead atoms. The summed E-state index contributed by atoms with van der Waals surface area (Å²) in [6, 6.07) is 13.6. The number of aromatic nitrogens is 2. The Morgan fingerprint density at radius 1 is 1.22 bits per heavy atom. The minimum absolute atomic E-state index is 0.123. The highest BCUT2D eigenvalue weighted by Crippen LogP contribution is 2.38. The Bertz CT molecular complexity index is 933. The summed E-state index contributed by atoms with van der Waals surface area (Å²) in [6.07, 6.45) is 1.90. The fourth-order valence-electron chi connectivity index (χ4n) is 3.28. The van der Waals surface area contributed by atoms with Gasteiger partial charge in [0.2, 0.25) is 5.95 Å². The zero-order valence-electron chi connectivity index (χ0n) is 12.8. The molecular weight excluding hydrogens is 290 g/mol. The minimum atomic E-state index is -0.123. The van der Waals surface area contributed by atoms with Crippen molar-refractivity contribution in [1.82, 2.24) is 9.97 Å². The molecule has 0 fully saturated rings. The Balaban J connectivity index is 1.70. The van der Waals surface area contributed by atoms with Crippen LogP contribution in [0.5, 0.6) is 5.75 Å². The van der Waals surface area contributed by atoms with Crippen LogP contribution in [0.15, 0.2) is 47.3 Å². The Morgan fingerprint density at radius 2 is 2.09 bits per heavy atom. The number of hydrogen-bond donors (Lipinski definition) is 2. The Kier molecular flexibility index (Phi) is 3.26. The summed E-state index contributed by atoms with van der Waals surface area (Å²) in [6.45, 7) is 0. The molecule has 0 saturated carbocycles. The molecule has 5 nitrogen and oxygen atoms in total. The first kappa shape index (κ1) is 13.8. The molecule has 1 aliphatic rings. The van der Waals surface area contributed by atoms with Gasteiger partial charge in [-0.05, 0) is 42.2 Å². The molecule has 1 aromatic heterocycles. The molecular formula is C18H17N3O2. The summed E-state index contributed by atoms with van der Waals surface area (Å²) < 4.78 is 5.43. The summed E-state index contributed by atoms with van der Waals surface area (Å²) in [7, 11) is 1.69. The van der Waals surface area contributed by atoms with Crippen molar-refractivity contribution in [3.05, 3.63) is 63.9 Å². The van der Waals surface area contributed by atoms with Crippen LogP contribution in [0.1, 0.15) is 23.6 Å². The number of H-pyrrole nitrogens is 1. The highest BCUT2D eigenvalue weighted by molar-refractivity contribution is 5.78. The molecule has 23 heavy (non-hydrogen) atoms. The van der Waals surface area contributed by atoms with Gasteiger partial charge in [-0.2, -0.15) is 0 Å². The van der Waals surface area contributed by atoms with E-state index >= 15 is 0 Å². The third-order valence-electron chi connectivity index (χ3n) is 4.37. The van der Waals surface area contributed by atoms with Crippen LogP contribution in [0.4, 0.5) is 5.95 Å². The molecule has 5 heteroatoms. The van der Waals surface area contributed by atoms with E-state index < -0.39 is 0 Å².